The maximum Gasteiger partial charge on any atom is 0.224 e. The molecule has 0 radical (unpaired) electrons. The van der Waals surface area contributed by atoms with Crippen LogP contribution in [0.15, 0.2) is 29.2 Å². The van der Waals surface area contributed by atoms with Gasteiger partial charge in [0.1, 0.15) is 0 Å². The standard InChI is InChI=1S/C10H12ClNOS/c11-7-3-6-10(13)12-8-4-1-2-5-9(8)14/h1-2,4-5,14H,3,6-7H2,(H,12,13). The van der Waals surface area contributed by atoms with Crippen molar-refractivity contribution in [2.75, 3.05) is 11.2 Å². The van der Waals surface area contributed by atoms with Crippen LogP contribution in [-0.4, -0.2) is 11.8 Å². The lowest BCUT2D eigenvalue weighted by Crippen LogP contribution is -2.11. The minimum atomic E-state index is -0.0212. The van der Waals surface area contributed by atoms with Gasteiger partial charge in [-0.1, -0.05) is 12.1 Å². The third kappa shape index (κ3) is 3.60. The van der Waals surface area contributed by atoms with Crippen molar-refractivity contribution in [2.45, 2.75) is 17.7 Å². The molecule has 1 aromatic carbocycles. The Balaban J connectivity index is 2.52. The lowest BCUT2D eigenvalue weighted by Gasteiger charge is -2.06. The Morgan fingerprint density at radius 2 is 2.14 bits per heavy atom. The molecule has 0 aliphatic carbocycles. The number of anilines is 1. The average Bonchev–Trinajstić information content (AvgIpc) is 2.18. The zero-order valence-electron chi connectivity index (χ0n) is 7.66. The molecule has 0 saturated carbocycles. The number of rotatable bonds is 4. The Morgan fingerprint density at radius 3 is 2.79 bits per heavy atom. The van der Waals surface area contributed by atoms with E-state index < -0.39 is 0 Å². The number of benzene rings is 1. The Labute approximate surface area is 94.1 Å². The molecule has 0 saturated heterocycles. The summed E-state index contributed by atoms with van der Waals surface area (Å²) in [5.41, 5.74) is 0.746. The number of carbonyl (C=O) groups is 1. The van der Waals surface area contributed by atoms with Crippen LogP contribution in [-0.2, 0) is 4.79 Å². The van der Waals surface area contributed by atoms with Crippen LogP contribution < -0.4 is 5.32 Å². The van der Waals surface area contributed by atoms with Crippen LogP contribution in [0.3, 0.4) is 0 Å². The number of halogens is 1. The van der Waals surface area contributed by atoms with Gasteiger partial charge < -0.3 is 5.32 Å². The fourth-order valence-electron chi connectivity index (χ4n) is 1.02. The molecule has 0 aliphatic heterocycles. The highest BCUT2D eigenvalue weighted by atomic mass is 35.5. The van der Waals surface area contributed by atoms with Gasteiger partial charge in [0.2, 0.25) is 5.91 Å². The van der Waals surface area contributed by atoms with E-state index in [-0.39, 0.29) is 5.91 Å². The van der Waals surface area contributed by atoms with E-state index in [9.17, 15) is 4.79 Å². The number of thiol groups is 1. The van der Waals surface area contributed by atoms with E-state index in [1.807, 2.05) is 24.3 Å². The minimum Gasteiger partial charge on any atom is -0.325 e. The second-order valence-electron chi connectivity index (χ2n) is 2.86. The molecule has 1 aromatic rings. The third-order valence-electron chi connectivity index (χ3n) is 1.72. The highest BCUT2D eigenvalue weighted by Crippen LogP contribution is 2.18. The van der Waals surface area contributed by atoms with E-state index in [4.69, 9.17) is 11.6 Å². The van der Waals surface area contributed by atoms with Gasteiger partial charge >= 0.3 is 0 Å². The monoisotopic (exact) mass is 229 g/mol. The quantitative estimate of drug-likeness (QED) is 0.603. The van der Waals surface area contributed by atoms with Gasteiger partial charge in [-0.2, -0.15) is 0 Å². The zero-order valence-corrected chi connectivity index (χ0v) is 9.31. The molecule has 76 valence electrons. The predicted molar refractivity (Wildman–Crippen MR) is 62.3 cm³/mol. The smallest absolute Gasteiger partial charge is 0.224 e. The van der Waals surface area contributed by atoms with E-state index in [1.54, 1.807) is 0 Å². The molecule has 0 aliphatic rings. The molecule has 4 heteroatoms. The van der Waals surface area contributed by atoms with Gasteiger partial charge in [0.15, 0.2) is 0 Å². The second-order valence-corrected chi connectivity index (χ2v) is 3.72. The van der Waals surface area contributed by atoms with E-state index in [0.717, 1.165) is 10.6 Å². The SMILES string of the molecule is O=C(CCCCl)Nc1ccccc1S. The van der Waals surface area contributed by atoms with Gasteiger partial charge in [-0.05, 0) is 18.6 Å². The number of amides is 1. The zero-order chi connectivity index (χ0) is 10.4. The molecule has 0 heterocycles. The van der Waals surface area contributed by atoms with Gasteiger partial charge in [0, 0.05) is 17.2 Å². The maximum atomic E-state index is 11.3. The van der Waals surface area contributed by atoms with Crippen LogP contribution in [0, 0.1) is 0 Å². The van der Waals surface area contributed by atoms with Crippen LogP contribution >= 0.6 is 24.2 Å². The third-order valence-corrected chi connectivity index (χ3v) is 2.37. The van der Waals surface area contributed by atoms with Gasteiger partial charge in [0.25, 0.3) is 0 Å². The first-order chi connectivity index (χ1) is 6.74. The summed E-state index contributed by atoms with van der Waals surface area (Å²) in [5.74, 6) is 0.489. The molecular weight excluding hydrogens is 218 g/mol. The molecule has 0 atom stereocenters. The normalized spacial score (nSPS) is 9.86. The highest BCUT2D eigenvalue weighted by Gasteiger charge is 2.03. The molecule has 1 N–H and O–H groups in total. The summed E-state index contributed by atoms with van der Waals surface area (Å²) >= 11 is 9.71. The number of para-hydroxylation sites is 1. The van der Waals surface area contributed by atoms with Crippen molar-refractivity contribution in [3.8, 4) is 0 Å². The second kappa shape index (κ2) is 5.94. The molecule has 0 fully saturated rings. The van der Waals surface area contributed by atoms with E-state index in [1.165, 1.54) is 0 Å². The molecule has 0 bridgehead atoms. The summed E-state index contributed by atoms with van der Waals surface area (Å²) < 4.78 is 0. The van der Waals surface area contributed by atoms with Crippen molar-refractivity contribution in [3.05, 3.63) is 24.3 Å². The van der Waals surface area contributed by atoms with Gasteiger partial charge in [-0.3, -0.25) is 4.79 Å². The fourth-order valence-corrected chi connectivity index (χ4v) is 1.37. The van der Waals surface area contributed by atoms with Crippen molar-refractivity contribution in [1.82, 2.24) is 0 Å². The first-order valence-corrected chi connectivity index (χ1v) is 5.36. The molecule has 0 unspecified atom stereocenters. The summed E-state index contributed by atoms with van der Waals surface area (Å²) in [6.45, 7) is 0. The highest BCUT2D eigenvalue weighted by molar-refractivity contribution is 7.80. The molecule has 14 heavy (non-hydrogen) atoms. The van der Waals surface area contributed by atoms with E-state index >= 15 is 0 Å². The number of nitrogens with one attached hydrogen (secondary N) is 1. The van der Waals surface area contributed by atoms with E-state index in [0.29, 0.717) is 18.7 Å². The van der Waals surface area contributed by atoms with Gasteiger partial charge in [0.05, 0.1) is 5.69 Å². The van der Waals surface area contributed by atoms with Crippen molar-refractivity contribution in [2.24, 2.45) is 0 Å². The number of alkyl halides is 1. The molecule has 2 nitrogen and oxygen atoms in total. The van der Waals surface area contributed by atoms with Crippen molar-refractivity contribution in [3.63, 3.8) is 0 Å². The number of hydrogen-bond acceptors (Lipinski definition) is 2. The van der Waals surface area contributed by atoms with E-state index in [2.05, 4.69) is 17.9 Å². The van der Waals surface area contributed by atoms with Crippen LogP contribution in [0.25, 0.3) is 0 Å². The summed E-state index contributed by atoms with van der Waals surface area (Å²) in [4.78, 5) is 12.1. The Hall–Kier alpha value is -0.670. The van der Waals surface area contributed by atoms with Crippen LogP contribution in [0.5, 0.6) is 0 Å². The van der Waals surface area contributed by atoms with Gasteiger partial charge in [-0.15, -0.1) is 24.2 Å². The van der Waals surface area contributed by atoms with Crippen molar-refractivity contribution in [1.29, 1.82) is 0 Å². The van der Waals surface area contributed by atoms with Crippen LogP contribution in [0.4, 0.5) is 5.69 Å². The van der Waals surface area contributed by atoms with Crippen LogP contribution in [0.2, 0.25) is 0 Å². The molecule has 1 amide bonds. The lowest BCUT2D eigenvalue weighted by molar-refractivity contribution is -0.116. The average molecular weight is 230 g/mol. The summed E-state index contributed by atoms with van der Waals surface area (Å²) in [6, 6.07) is 7.38. The van der Waals surface area contributed by atoms with Crippen molar-refractivity contribution < 1.29 is 4.79 Å². The molecule has 0 aromatic heterocycles. The summed E-state index contributed by atoms with van der Waals surface area (Å²) in [7, 11) is 0. The molecule has 0 spiro atoms. The van der Waals surface area contributed by atoms with Crippen LogP contribution in [0.1, 0.15) is 12.8 Å². The first-order valence-electron chi connectivity index (χ1n) is 4.38. The summed E-state index contributed by atoms with van der Waals surface area (Å²) in [5, 5.41) is 2.77. The Kier molecular flexibility index (Phi) is 4.84. The molecular formula is C10H12ClNOS. The Bertz CT molecular complexity index is 317. The largest absolute Gasteiger partial charge is 0.325 e. The van der Waals surface area contributed by atoms with Gasteiger partial charge in [-0.25, -0.2) is 0 Å². The maximum absolute atomic E-state index is 11.3. The lowest BCUT2D eigenvalue weighted by atomic mass is 10.3. The number of carbonyl (C=O) groups excluding carboxylic acids is 1. The predicted octanol–water partition coefficient (Wildman–Crippen LogP) is 2.93. The number of hydrogen-bond donors (Lipinski definition) is 2. The fraction of sp³-hybridized carbons (Fsp3) is 0.300. The van der Waals surface area contributed by atoms with Crippen molar-refractivity contribution >= 4 is 35.8 Å². The molecule has 1 rings (SSSR count). The first kappa shape index (κ1) is 11.4. The Morgan fingerprint density at radius 1 is 1.43 bits per heavy atom. The minimum absolute atomic E-state index is 0.0212. The summed E-state index contributed by atoms with van der Waals surface area (Å²) in [6.07, 6.45) is 1.15. The topological polar surface area (TPSA) is 29.1 Å².